The summed E-state index contributed by atoms with van der Waals surface area (Å²) in [6.07, 6.45) is 1.06. The summed E-state index contributed by atoms with van der Waals surface area (Å²) in [7, 11) is 0. The highest BCUT2D eigenvalue weighted by atomic mass is 16.5. The largest absolute Gasteiger partial charge is 0.494 e. The Kier molecular flexibility index (Phi) is 4.23. The summed E-state index contributed by atoms with van der Waals surface area (Å²) in [5.41, 5.74) is 1.69. The van der Waals surface area contributed by atoms with Crippen molar-refractivity contribution in [3.8, 4) is 5.75 Å². The SMILES string of the molecule is CCCOc1ccc(CN2CC3CNCC3C2(C)C)cc1. The van der Waals surface area contributed by atoms with Crippen LogP contribution < -0.4 is 10.1 Å². The van der Waals surface area contributed by atoms with Crippen LogP contribution in [0.2, 0.25) is 0 Å². The van der Waals surface area contributed by atoms with E-state index in [0.717, 1.165) is 37.2 Å². The first-order chi connectivity index (χ1) is 10.1. The van der Waals surface area contributed by atoms with Crippen LogP contribution in [-0.4, -0.2) is 36.7 Å². The van der Waals surface area contributed by atoms with Gasteiger partial charge in [0.25, 0.3) is 0 Å². The van der Waals surface area contributed by atoms with Crippen LogP contribution in [0, 0.1) is 11.8 Å². The molecule has 0 spiro atoms. The summed E-state index contributed by atoms with van der Waals surface area (Å²) in [5.74, 6) is 2.61. The second-order valence-electron chi connectivity index (χ2n) is 7.05. The second-order valence-corrected chi connectivity index (χ2v) is 7.05. The van der Waals surface area contributed by atoms with Crippen LogP contribution in [0.5, 0.6) is 5.75 Å². The minimum atomic E-state index is 0.297. The van der Waals surface area contributed by atoms with Crippen molar-refractivity contribution < 1.29 is 4.74 Å². The second kappa shape index (κ2) is 5.98. The van der Waals surface area contributed by atoms with Crippen LogP contribution in [0.1, 0.15) is 32.8 Å². The number of hydrogen-bond acceptors (Lipinski definition) is 3. The number of hydrogen-bond donors (Lipinski definition) is 1. The Morgan fingerprint density at radius 3 is 2.67 bits per heavy atom. The fourth-order valence-corrected chi connectivity index (χ4v) is 3.90. The van der Waals surface area contributed by atoms with Crippen molar-refractivity contribution in [1.82, 2.24) is 10.2 Å². The number of nitrogens with zero attached hydrogens (tertiary/aromatic N) is 1. The molecular weight excluding hydrogens is 260 g/mol. The predicted molar refractivity (Wildman–Crippen MR) is 86.6 cm³/mol. The van der Waals surface area contributed by atoms with Crippen LogP contribution in [0.3, 0.4) is 0 Å². The lowest BCUT2D eigenvalue weighted by atomic mass is 9.85. The molecule has 2 fully saturated rings. The number of likely N-dealkylation sites (tertiary alicyclic amines) is 1. The van der Waals surface area contributed by atoms with E-state index in [1.54, 1.807) is 0 Å². The van der Waals surface area contributed by atoms with E-state index in [9.17, 15) is 0 Å². The van der Waals surface area contributed by atoms with E-state index in [-0.39, 0.29) is 0 Å². The molecule has 0 aliphatic carbocycles. The van der Waals surface area contributed by atoms with E-state index in [4.69, 9.17) is 4.74 Å². The highest BCUT2D eigenvalue weighted by Crippen LogP contribution is 2.41. The predicted octanol–water partition coefficient (Wildman–Crippen LogP) is 2.91. The molecule has 0 bridgehead atoms. The molecule has 2 saturated heterocycles. The zero-order chi connectivity index (χ0) is 14.9. The Morgan fingerprint density at radius 2 is 2.00 bits per heavy atom. The molecule has 3 rings (SSSR count). The average molecular weight is 288 g/mol. The highest BCUT2D eigenvalue weighted by molar-refractivity contribution is 5.27. The number of nitrogens with one attached hydrogen (secondary N) is 1. The lowest BCUT2D eigenvalue weighted by Crippen LogP contribution is -2.43. The Bertz CT molecular complexity index is 469. The monoisotopic (exact) mass is 288 g/mol. The topological polar surface area (TPSA) is 24.5 Å². The van der Waals surface area contributed by atoms with Gasteiger partial charge < -0.3 is 10.1 Å². The van der Waals surface area contributed by atoms with Crippen molar-refractivity contribution in [1.29, 1.82) is 0 Å². The summed E-state index contributed by atoms with van der Waals surface area (Å²) in [5, 5.41) is 3.55. The third kappa shape index (κ3) is 2.95. The average Bonchev–Trinajstić information content (AvgIpc) is 3.02. The van der Waals surface area contributed by atoms with Gasteiger partial charge in [0.2, 0.25) is 0 Å². The molecule has 0 saturated carbocycles. The molecule has 1 aromatic carbocycles. The zero-order valence-corrected chi connectivity index (χ0v) is 13.6. The van der Waals surface area contributed by atoms with Crippen LogP contribution in [0.25, 0.3) is 0 Å². The highest BCUT2D eigenvalue weighted by Gasteiger charge is 2.49. The molecule has 0 radical (unpaired) electrons. The minimum Gasteiger partial charge on any atom is -0.494 e. The maximum atomic E-state index is 5.66. The number of fused-ring (bicyclic) bond motifs is 1. The molecule has 3 nitrogen and oxygen atoms in total. The molecule has 2 unspecified atom stereocenters. The van der Waals surface area contributed by atoms with Gasteiger partial charge in [-0.05, 0) is 56.3 Å². The van der Waals surface area contributed by atoms with E-state index in [1.807, 2.05) is 0 Å². The molecule has 21 heavy (non-hydrogen) atoms. The van der Waals surface area contributed by atoms with Gasteiger partial charge in [-0.15, -0.1) is 0 Å². The van der Waals surface area contributed by atoms with Crippen molar-refractivity contribution in [2.24, 2.45) is 11.8 Å². The van der Waals surface area contributed by atoms with Crippen LogP contribution in [0.4, 0.5) is 0 Å². The van der Waals surface area contributed by atoms with Gasteiger partial charge in [0.15, 0.2) is 0 Å². The fraction of sp³-hybridized carbons (Fsp3) is 0.667. The van der Waals surface area contributed by atoms with Crippen LogP contribution >= 0.6 is 0 Å². The summed E-state index contributed by atoms with van der Waals surface area (Å²) in [6, 6.07) is 8.65. The molecule has 3 heteroatoms. The van der Waals surface area contributed by atoms with Gasteiger partial charge in [-0.2, -0.15) is 0 Å². The Labute approximate surface area is 128 Å². The van der Waals surface area contributed by atoms with Gasteiger partial charge in [-0.3, -0.25) is 4.90 Å². The van der Waals surface area contributed by atoms with Crippen molar-refractivity contribution in [2.75, 3.05) is 26.2 Å². The van der Waals surface area contributed by atoms with Crippen LogP contribution in [0.15, 0.2) is 24.3 Å². The van der Waals surface area contributed by atoms with Crippen molar-refractivity contribution in [3.05, 3.63) is 29.8 Å². The lowest BCUT2D eigenvalue weighted by Gasteiger charge is -2.35. The number of rotatable bonds is 5. The Hall–Kier alpha value is -1.06. The molecule has 0 amide bonds. The molecule has 1 N–H and O–H groups in total. The third-order valence-corrected chi connectivity index (χ3v) is 5.29. The van der Waals surface area contributed by atoms with E-state index in [2.05, 4.69) is 55.3 Å². The molecule has 2 aliphatic rings. The van der Waals surface area contributed by atoms with Crippen molar-refractivity contribution >= 4 is 0 Å². The standard InChI is InChI=1S/C18H28N2O/c1-4-9-21-16-7-5-14(6-8-16)12-20-13-15-10-19-11-17(15)18(20,2)3/h5-8,15,17,19H,4,9-13H2,1-3H3. The van der Waals surface area contributed by atoms with Crippen molar-refractivity contribution in [2.45, 2.75) is 39.3 Å². The number of ether oxygens (including phenoxy) is 1. The van der Waals surface area contributed by atoms with Gasteiger partial charge in [-0.25, -0.2) is 0 Å². The molecule has 1 aromatic rings. The molecule has 2 atom stereocenters. The summed E-state index contributed by atoms with van der Waals surface area (Å²) in [6.45, 7) is 12.4. The quantitative estimate of drug-likeness (QED) is 0.901. The van der Waals surface area contributed by atoms with E-state index >= 15 is 0 Å². The van der Waals surface area contributed by atoms with Gasteiger partial charge >= 0.3 is 0 Å². The fourth-order valence-electron chi connectivity index (χ4n) is 3.90. The van der Waals surface area contributed by atoms with E-state index in [1.165, 1.54) is 25.2 Å². The molecule has 116 valence electrons. The zero-order valence-electron chi connectivity index (χ0n) is 13.6. The summed E-state index contributed by atoms with van der Waals surface area (Å²) in [4.78, 5) is 2.66. The molecule has 2 heterocycles. The Morgan fingerprint density at radius 1 is 1.24 bits per heavy atom. The maximum absolute atomic E-state index is 5.66. The number of benzene rings is 1. The Balaban J connectivity index is 1.64. The van der Waals surface area contributed by atoms with E-state index in [0.29, 0.717) is 5.54 Å². The first kappa shape index (κ1) is 14.9. The van der Waals surface area contributed by atoms with Crippen LogP contribution in [-0.2, 0) is 6.54 Å². The molecule has 2 aliphatic heterocycles. The normalized spacial score (nSPS) is 27.8. The first-order valence-corrected chi connectivity index (χ1v) is 8.28. The van der Waals surface area contributed by atoms with Gasteiger partial charge in [-0.1, -0.05) is 19.1 Å². The van der Waals surface area contributed by atoms with Gasteiger partial charge in [0.1, 0.15) is 5.75 Å². The smallest absolute Gasteiger partial charge is 0.119 e. The molecular formula is C18H28N2O. The molecule has 0 aromatic heterocycles. The van der Waals surface area contributed by atoms with Gasteiger partial charge in [0, 0.05) is 25.2 Å². The first-order valence-electron chi connectivity index (χ1n) is 8.28. The summed E-state index contributed by atoms with van der Waals surface area (Å²) < 4.78 is 5.66. The maximum Gasteiger partial charge on any atom is 0.119 e. The van der Waals surface area contributed by atoms with Gasteiger partial charge in [0.05, 0.1) is 6.61 Å². The third-order valence-electron chi connectivity index (χ3n) is 5.29. The lowest BCUT2D eigenvalue weighted by molar-refractivity contribution is 0.132. The summed E-state index contributed by atoms with van der Waals surface area (Å²) >= 11 is 0. The van der Waals surface area contributed by atoms with E-state index < -0.39 is 0 Å². The van der Waals surface area contributed by atoms with Crippen molar-refractivity contribution in [3.63, 3.8) is 0 Å². The minimum absolute atomic E-state index is 0.297.